The number of fused-ring (bicyclic) bond motifs is 1. The molecule has 11 heteroatoms. The lowest BCUT2D eigenvalue weighted by atomic mass is 10.0. The average Bonchev–Trinajstić information content (AvgIpc) is 3.12. The van der Waals surface area contributed by atoms with Gasteiger partial charge in [-0.1, -0.05) is 38.1 Å². The number of aromatic nitrogens is 1. The molecule has 1 aliphatic rings. The molecule has 2 aromatic carbocycles. The van der Waals surface area contributed by atoms with Gasteiger partial charge in [0.15, 0.2) is 0 Å². The number of hydrogen-bond acceptors (Lipinski definition) is 7. The van der Waals surface area contributed by atoms with Crippen LogP contribution in [0.1, 0.15) is 43.7 Å². The number of benzene rings is 2. The third kappa shape index (κ3) is 7.22. The van der Waals surface area contributed by atoms with Crippen LogP contribution in [0.3, 0.4) is 0 Å². The van der Waals surface area contributed by atoms with Gasteiger partial charge >= 0.3 is 0 Å². The molecule has 222 valence electrons. The molecule has 1 aliphatic heterocycles. The van der Waals surface area contributed by atoms with Crippen molar-refractivity contribution in [3.05, 3.63) is 95.3 Å². The Morgan fingerprint density at radius 1 is 1.10 bits per heavy atom. The zero-order chi connectivity index (χ0) is 30.2. The molecule has 9 nitrogen and oxygen atoms in total. The average molecular weight is 579 g/mol. The van der Waals surface area contributed by atoms with Gasteiger partial charge < -0.3 is 25.5 Å². The number of aliphatic hydroxyl groups excluding tert-OH is 1. The van der Waals surface area contributed by atoms with Gasteiger partial charge in [0, 0.05) is 37.0 Å². The van der Waals surface area contributed by atoms with Crippen LogP contribution in [0.5, 0.6) is 0 Å². The van der Waals surface area contributed by atoms with Crippen LogP contribution >= 0.6 is 0 Å². The normalized spacial score (nSPS) is 16.5. The molecule has 0 spiro atoms. The number of carbonyl (C=O) groups is 2. The van der Waals surface area contributed by atoms with Gasteiger partial charge in [0.05, 0.1) is 29.2 Å². The van der Waals surface area contributed by atoms with Gasteiger partial charge in [-0.3, -0.25) is 14.6 Å². The molecule has 0 radical (unpaired) electrons. The molecule has 0 fully saturated rings. The second kappa shape index (κ2) is 14.2. The topological polar surface area (TPSA) is 110 Å². The van der Waals surface area contributed by atoms with E-state index in [1.54, 1.807) is 30.2 Å². The number of nitrogens with zero attached hydrogens (tertiary/aromatic N) is 4. The molecule has 0 aliphatic carbocycles. The number of hydrogen-bond donors (Lipinski definition) is 3. The summed E-state index contributed by atoms with van der Waals surface area (Å²) in [4.78, 5) is 40.3. The largest absolute Gasteiger partial charge is 0.387 e. The Hall–Kier alpha value is -4.06. The Bertz CT molecular complexity index is 1420. The Balaban J connectivity index is 1.59. The molecule has 0 saturated carbocycles. The number of carbonyl (C=O) groups excluding carboxylic acids is 2. The standard InChI is InChI=1S/C31H36F2N6O3/c1-4-38(5-2)16-17-39-26-12-7-6-10-22(26)28(25-11-8-9-15-34-25)36-29(31(39)42)37-30(41)20(3)35-19-27(40)23-18-21(32)13-14-24(23)33/h6-15,18,20,27,29,35,40H,4-5,16-17,19H2,1-3H3,(H,37,41)/t20-,27?,29?/m0/s1. The van der Waals surface area contributed by atoms with Gasteiger partial charge in [-0.05, 0) is 56.4 Å². The Morgan fingerprint density at radius 2 is 1.83 bits per heavy atom. The van der Waals surface area contributed by atoms with E-state index in [9.17, 15) is 23.5 Å². The molecule has 3 aromatic rings. The first-order chi connectivity index (χ1) is 20.2. The van der Waals surface area contributed by atoms with Crippen LogP contribution in [0.15, 0.2) is 71.9 Å². The van der Waals surface area contributed by atoms with E-state index in [1.807, 2.05) is 30.3 Å². The van der Waals surface area contributed by atoms with Crippen LogP contribution in [-0.2, 0) is 9.59 Å². The monoisotopic (exact) mass is 578 g/mol. The number of rotatable bonds is 12. The minimum Gasteiger partial charge on any atom is -0.387 e. The van der Waals surface area contributed by atoms with Gasteiger partial charge in [-0.25, -0.2) is 13.8 Å². The molecule has 1 aromatic heterocycles. The maximum atomic E-state index is 14.1. The van der Waals surface area contributed by atoms with Crippen LogP contribution in [-0.4, -0.2) is 77.4 Å². The van der Waals surface area contributed by atoms with E-state index in [1.165, 1.54) is 0 Å². The van der Waals surface area contributed by atoms with Crippen molar-refractivity contribution >= 4 is 23.2 Å². The van der Waals surface area contributed by atoms with Crippen molar-refractivity contribution in [3.63, 3.8) is 0 Å². The summed E-state index contributed by atoms with van der Waals surface area (Å²) in [6, 6.07) is 14.8. The molecular formula is C31H36F2N6O3. The number of halogens is 2. The van der Waals surface area contributed by atoms with Gasteiger partial charge in [-0.15, -0.1) is 0 Å². The van der Waals surface area contributed by atoms with E-state index in [2.05, 4.69) is 34.4 Å². The summed E-state index contributed by atoms with van der Waals surface area (Å²) in [6.07, 6.45) is -1.01. The molecule has 3 N–H and O–H groups in total. The Morgan fingerprint density at radius 3 is 2.55 bits per heavy atom. The summed E-state index contributed by atoms with van der Waals surface area (Å²) in [6.45, 7) is 8.09. The summed E-state index contributed by atoms with van der Waals surface area (Å²) in [7, 11) is 0. The number of likely N-dealkylation sites (N-methyl/N-ethyl adjacent to an activating group) is 1. The van der Waals surface area contributed by atoms with Crippen LogP contribution in [0.4, 0.5) is 14.5 Å². The number of pyridine rings is 1. The van der Waals surface area contributed by atoms with Gasteiger partial charge in [0.25, 0.3) is 5.91 Å². The molecule has 0 saturated heterocycles. The van der Waals surface area contributed by atoms with E-state index in [0.717, 1.165) is 31.3 Å². The first kappa shape index (κ1) is 30.9. The summed E-state index contributed by atoms with van der Waals surface area (Å²) in [5, 5.41) is 16.0. The van der Waals surface area contributed by atoms with Crippen molar-refractivity contribution in [1.29, 1.82) is 0 Å². The second-order valence-corrected chi connectivity index (χ2v) is 9.95. The highest BCUT2D eigenvalue weighted by Gasteiger charge is 2.34. The summed E-state index contributed by atoms with van der Waals surface area (Å²) < 4.78 is 27.7. The van der Waals surface area contributed by atoms with E-state index >= 15 is 0 Å². The van der Waals surface area contributed by atoms with Crippen molar-refractivity contribution in [2.45, 2.75) is 39.1 Å². The molecule has 2 heterocycles. The fourth-order valence-electron chi connectivity index (χ4n) is 4.76. The second-order valence-electron chi connectivity index (χ2n) is 9.95. The quantitative estimate of drug-likeness (QED) is 0.305. The van der Waals surface area contributed by atoms with Crippen molar-refractivity contribution in [1.82, 2.24) is 20.5 Å². The van der Waals surface area contributed by atoms with Crippen molar-refractivity contribution in [2.75, 3.05) is 37.6 Å². The van der Waals surface area contributed by atoms with Gasteiger partial charge in [-0.2, -0.15) is 0 Å². The van der Waals surface area contributed by atoms with Gasteiger partial charge in [0.1, 0.15) is 11.6 Å². The molecular weight excluding hydrogens is 542 g/mol. The first-order valence-corrected chi connectivity index (χ1v) is 14.0. The predicted octanol–water partition coefficient (Wildman–Crippen LogP) is 3.04. The molecule has 42 heavy (non-hydrogen) atoms. The van der Waals surface area contributed by atoms with Crippen LogP contribution in [0.25, 0.3) is 0 Å². The maximum absolute atomic E-state index is 14.1. The zero-order valence-electron chi connectivity index (χ0n) is 23.9. The number of aliphatic imine (C=N–C) groups is 1. The van der Waals surface area contributed by atoms with Crippen molar-refractivity contribution in [3.8, 4) is 0 Å². The predicted molar refractivity (Wildman–Crippen MR) is 157 cm³/mol. The Kier molecular flexibility index (Phi) is 10.5. The van der Waals surface area contributed by atoms with Crippen LogP contribution < -0.4 is 15.5 Å². The van der Waals surface area contributed by atoms with Gasteiger partial charge in [0.2, 0.25) is 12.1 Å². The highest BCUT2D eigenvalue weighted by Crippen LogP contribution is 2.28. The SMILES string of the molecule is CCN(CC)CCN1C(=O)C(NC(=O)[C@H](C)NCC(O)c2cc(F)ccc2F)N=C(c2ccccn2)c2ccccc21. The van der Waals surface area contributed by atoms with E-state index in [-0.39, 0.29) is 12.1 Å². The Labute approximate surface area is 244 Å². The van der Waals surface area contributed by atoms with Crippen molar-refractivity contribution in [2.24, 2.45) is 4.99 Å². The fraction of sp³-hybridized carbons (Fsp3) is 0.355. The summed E-state index contributed by atoms with van der Waals surface area (Å²) >= 11 is 0. The molecule has 2 amide bonds. The molecule has 0 bridgehead atoms. The zero-order valence-corrected chi connectivity index (χ0v) is 23.9. The van der Waals surface area contributed by atoms with E-state index < -0.39 is 41.8 Å². The fourth-order valence-corrected chi connectivity index (χ4v) is 4.76. The minimum absolute atomic E-state index is 0.222. The van der Waals surface area contributed by atoms with E-state index in [4.69, 9.17) is 4.99 Å². The number of nitrogens with one attached hydrogen (secondary N) is 2. The van der Waals surface area contributed by atoms with Crippen molar-refractivity contribution < 1.29 is 23.5 Å². The van der Waals surface area contributed by atoms with Crippen LogP contribution in [0, 0.1) is 11.6 Å². The smallest absolute Gasteiger partial charge is 0.272 e. The highest BCUT2D eigenvalue weighted by molar-refractivity contribution is 6.19. The molecule has 3 atom stereocenters. The number of para-hydroxylation sites is 1. The third-order valence-corrected chi connectivity index (χ3v) is 7.26. The summed E-state index contributed by atoms with van der Waals surface area (Å²) in [5.74, 6) is -2.40. The molecule has 2 unspecified atom stereocenters. The minimum atomic E-state index is -1.39. The molecule has 4 rings (SSSR count). The van der Waals surface area contributed by atoms with Crippen LogP contribution in [0.2, 0.25) is 0 Å². The number of anilines is 1. The maximum Gasteiger partial charge on any atom is 0.272 e. The third-order valence-electron chi connectivity index (χ3n) is 7.26. The lowest BCUT2D eigenvalue weighted by Gasteiger charge is -2.28. The number of aliphatic hydroxyl groups is 1. The number of benzodiazepines with no additional fused rings is 1. The number of amides is 2. The lowest BCUT2D eigenvalue weighted by molar-refractivity contribution is -0.128. The highest BCUT2D eigenvalue weighted by atomic mass is 19.1. The van der Waals surface area contributed by atoms with E-state index in [0.29, 0.717) is 35.7 Å². The first-order valence-electron chi connectivity index (χ1n) is 14.0. The summed E-state index contributed by atoms with van der Waals surface area (Å²) in [5.41, 5.74) is 2.18. The lowest BCUT2D eigenvalue weighted by Crippen LogP contribution is -2.53.